The lowest BCUT2D eigenvalue weighted by Crippen LogP contribution is -2.19. The molecule has 39 heavy (non-hydrogen) atoms. The van der Waals surface area contributed by atoms with Gasteiger partial charge in [-0.15, -0.1) is 0 Å². The molecule has 0 aliphatic heterocycles. The third-order valence-electron chi connectivity index (χ3n) is 9.08. The van der Waals surface area contributed by atoms with E-state index >= 15 is 0 Å². The first kappa shape index (κ1) is 24.0. The maximum absolute atomic E-state index is 2.44. The van der Waals surface area contributed by atoms with E-state index < -0.39 is 0 Å². The van der Waals surface area contributed by atoms with Crippen LogP contribution >= 0.6 is 0 Å². The Kier molecular flexibility index (Phi) is 5.04. The number of hydrogen-bond donors (Lipinski definition) is 0. The molecule has 0 heterocycles. The van der Waals surface area contributed by atoms with Crippen LogP contribution in [0.2, 0.25) is 0 Å². The largest absolute Gasteiger partial charge is 0.310 e. The third kappa shape index (κ3) is 3.39. The quantitative estimate of drug-likeness (QED) is 0.236. The predicted molar refractivity (Wildman–Crippen MR) is 166 cm³/mol. The van der Waals surface area contributed by atoms with Gasteiger partial charge in [-0.2, -0.15) is 0 Å². The van der Waals surface area contributed by atoms with E-state index in [1.807, 2.05) is 0 Å². The van der Waals surface area contributed by atoms with E-state index in [1.165, 1.54) is 72.7 Å². The van der Waals surface area contributed by atoms with Crippen molar-refractivity contribution in [3.05, 3.63) is 137 Å². The molecule has 192 valence electrons. The fourth-order valence-electron chi connectivity index (χ4n) is 7.33. The lowest BCUT2D eigenvalue weighted by molar-refractivity contribution is 0.647. The van der Waals surface area contributed by atoms with Crippen molar-refractivity contribution in [3.63, 3.8) is 0 Å². The van der Waals surface area contributed by atoms with Gasteiger partial charge in [-0.25, -0.2) is 0 Å². The van der Waals surface area contributed by atoms with Crippen molar-refractivity contribution in [3.8, 4) is 22.3 Å². The highest BCUT2D eigenvalue weighted by Crippen LogP contribution is 2.59. The Hall–Kier alpha value is -4.10. The second kappa shape index (κ2) is 8.20. The molecule has 0 atom stereocenters. The summed E-state index contributed by atoms with van der Waals surface area (Å²) in [6.45, 7) is 13.9. The van der Waals surface area contributed by atoms with E-state index in [0.29, 0.717) is 0 Å². The Bertz CT molecular complexity index is 1750. The van der Waals surface area contributed by atoms with Gasteiger partial charge >= 0.3 is 0 Å². The minimum Gasteiger partial charge on any atom is -0.310 e. The number of para-hydroxylation sites is 1. The molecule has 0 spiro atoms. The van der Waals surface area contributed by atoms with E-state index in [-0.39, 0.29) is 10.8 Å². The Balaban J connectivity index is 1.44. The summed E-state index contributed by atoms with van der Waals surface area (Å²) in [4.78, 5) is 2.40. The molecule has 0 aromatic heterocycles. The highest BCUT2D eigenvalue weighted by molar-refractivity contribution is 5.95. The molecule has 1 heteroatoms. The van der Waals surface area contributed by atoms with Crippen molar-refractivity contribution >= 4 is 17.1 Å². The van der Waals surface area contributed by atoms with Gasteiger partial charge in [0.25, 0.3) is 0 Å². The van der Waals surface area contributed by atoms with Crippen molar-refractivity contribution in [1.29, 1.82) is 0 Å². The Labute approximate surface area is 232 Å². The van der Waals surface area contributed by atoms with Crippen LogP contribution in [-0.4, -0.2) is 0 Å². The van der Waals surface area contributed by atoms with Crippen LogP contribution in [0.5, 0.6) is 0 Å². The SMILES string of the molecule is Cc1cc(C)cc(N(c2ccccc2)c2ccc3c(c2)C(C)(C)c2c-3ccc3c2-c2ccccc2C3(C)C)c1. The molecule has 0 bridgehead atoms. The number of nitrogens with zero attached hydrogens (tertiary/aromatic N) is 1. The number of fused-ring (bicyclic) bond motifs is 7. The van der Waals surface area contributed by atoms with Gasteiger partial charge in [0.2, 0.25) is 0 Å². The van der Waals surface area contributed by atoms with Gasteiger partial charge in [-0.05, 0) is 106 Å². The lowest BCUT2D eigenvalue weighted by atomic mass is 9.77. The maximum Gasteiger partial charge on any atom is 0.0466 e. The standard InChI is InChI=1S/C38H35N/c1-24-20-25(2)22-28(21-24)39(26-12-8-7-9-13-26)27-16-17-29-30-18-19-33-35(36(30)38(5,6)34(29)23-27)31-14-10-11-15-32(31)37(33,3)4/h7-23H,1-6H3. The highest BCUT2D eigenvalue weighted by Gasteiger charge is 2.44. The van der Waals surface area contributed by atoms with E-state index in [1.54, 1.807) is 0 Å². The summed E-state index contributed by atoms with van der Waals surface area (Å²) in [5.74, 6) is 0. The summed E-state index contributed by atoms with van der Waals surface area (Å²) in [5.41, 5.74) is 17.3. The number of rotatable bonds is 3. The zero-order valence-corrected chi connectivity index (χ0v) is 23.8. The smallest absolute Gasteiger partial charge is 0.0466 e. The van der Waals surface area contributed by atoms with Gasteiger partial charge in [0, 0.05) is 27.9 Å². The van der Waals surface area contributed by atoms with Crippen LogP contribution in [0, 0.1) is 13.8 Å². The predicted octanol–water partition coefficient (Wildman–Crippen LogP) is 10.4. The van der Waals surface area contributed by atoms with Crippen LogP contribution in [-0.2, 0) is 10.8 Å². The minimum absolute atomic E-state index is 0.00408. The summed E-state index contributed by atoms with van der Waals surface area (Å²) in [6.07, 6.45) is 0. The first-order valence-electron chi connectivity index (χ1n) is 14.0. The van der Waals surface area contributed by atoms with Crippen LogP contribution in [0.25, 0.3) is 22.3 Å². The third-order valence-corrected chi connectivity index (χ3v) is 9.08. The second-order valence-electron chi connectivity index (χ2n) is 12.5. The molecule has 0 N–H and O–H groups in total. The first-order valence-corrected chi connectivity index (χ1v) is 14.0. The highest BCUT2D eigenvalue weighted by atomic mass is 15.1. The average Bonchev–Trinajstić information content (AvgIpc) is 3.29. The number of anilines is 3. The summed E-state index contributed by atoms with van der Waals surface area (Å²) in [6, 6.07) is 38.5. The average molecular weight is 506 g/mol. The molecule has 1 nitrogen and oxygen atoms in total. The van der Waals surface area contributed by atoms with Crippen molar-refractivity contribution < 1.29 is 0 Å². The monoisotopic (exact) mass is 505 g/mol. The second-order valence-corrected chi connectivity index (χ2v) is 12.5. The molecule has 7 rings (SSSR count). The number of hydrogen-bond acceptors (Lipinski definition) is 1. The summed E-state index contributed by atoms with van der Waals surface area (Å²) in [5, 5.41) is 0. The molecule has 2 aliphatic rings. The van der Waals surface area contributed by atoms with Crippen molar-refractivity contribution in [2.45, 2.75) is 52.4 Å². The zero-order chi connectivity index (χ0) is 27.1. The van der Waals surface area contributed by atoms with Gasteiger partial charge < -0.3 is 4.90 Å². The first-order chi connectivity index (χ1) is 18.7. The Morgan fingerprint density at radius 1 is 0.462 bits per heavy atom. The summed E-state index contributed by atoms with van der Waals surface area (Å²) < 4.78 is 0. The number of aryl methyl sites for hydroxylation is 2. The molecule has 5 aromatic rings. The summed E-state index contributed by atoms with van der Waals surface area (Å²) in [7, 11) is 0. The van der Waals surface area contributed by atoms with E-state index in [2.05, 4.69) is 150 Å². The van der Waals surface area contributed by atoms with Crippen LogP contribution in [0.3, 0.4) is 0 Å². The Morgan fingerprint density at radius 2 is 1.13 bits per heavy atom. The molecule has 5 aromatic carbocycles. The Morgan fingerprint density at radius 3 is 1.87 bits per heavy atom. The van der Waals surface area contributed by atoms with Crippen LogP contribution in [0.15, 0.2) is 103 Å². The van der Waals surface area contributed by atoms with E-state index in [9.17, 15) is 0 Å². The molecule has 0 saturated heterocycles. The van der Waals surface area contributed by atoms with Gasteiger partial charge in [-0.1, -0.05) is 94.4 Å². The minimum atomic E-state index is -0.121. The van der Waals surface area contributed by atoms with Gasteiger partial charge in [0.05, 0.1) is 0 Å². The molecular formula is C38H35N. The topological polar surface area (TPSA) is 3.24 Å². The van der Waals surface area contributed by atoms with Gasteiger partial charge in [0.15, 0.2) is 0 Å². The van der Waals surface area contributed by atoms with Crippen molar-refractivity contribution in [2.75, 3.05) is 4.90 Å². The molecule has 0 saturated carbocycles. The van der Waals surface area contributed by atoms with Crippen LogP contribution < -0.4 is 4.90 Å². The van der Waals surface area contributed by atoms with Crippen molar-refractivity contribution in [1.82, 2.24) is 0 Å². The molecular weight excluding hydrogens is 470 g/mol. The number of benzene rings is 5. The van der Waals surface area contributed by atoms with Crippen LogP contribution in [0.1, 0.15) is 61.1 Å². The fourth-order valence-corrected chi connectivity index (χ4v) is 7.33. The van der Waals surface area contributed by atoms with Gasteiger partial charge in [-0.3, -0.25) is 0 Å². The molecule has 0 radical (unpaired) electrons. The molecule has 0 amide bonds. The fraction of sp³-hybridized carbons (Fsp3) is 0.211. The molecule has 0 unspecified atom stereocenters. The van der Waals surface area contributed by atoms with Crippen molar-refractivity contribution in [2.24, 2.45) is 0 Å². The maximum atomic E-state index is 2.44. The molecule has 2 aliphatic carbocycles. The van der Waals surface area contributed by atoms with E-state index in [4.69, 9.17) is 0 Å². The van der Waals surface area contributed by atoms with Crippen LogP contribution in [0.4, 0.5) is 17.1 Å². The lowest BCUT2D eigenvalue weighted by Gasteiger charge is -2.29. The molecule has 0 fully saturated rings. The summed E-state index contributed by atoms with van der Waals surface area (Å²) >= 11 is 0. The van der Waals surface area contributed by atoms with Gasteiger partial charge in [0.1, 0.15) is 0 Å². The zero-order valence-electron chi connectivity index (χ0n) is 23.8. The van der Waals surface area contributed by atoms with E-state index in [0.717, 1.165) is 0 Å². The normalized spacial score (nSPS) is 15.3.